The standard InChI is InChI=1S/C15H10F4N4O/c16-10-5-20-6-11-13(10)12(7-21-11)23-14(24)22-9-3-1-8(2-4-9)15(17,18)19/h1-7,21H,(H2,22,23,24). The van der Waals surface area contributed by atoms with E-state index in [9.17, 15) is 22.4 Å². The van der Waals surface area contributed by atoms with Gasteiger partial charge in [-0.3, -0.25) is 4.98 Å². The second-order valence-electron chi connectivity index (χ2n) is 4.90. The van der Waals surface area contributed by atoms with Gasteiger partial charge in [-0.15, -0.1) is 0 Å². The molecular formula is C15H10F4N4O. The number of urea groups is 1. The zero-order valence-electron chi connectivity index (χ0n) is 11.9. The molecule has 3 aromatic rings. The summed E-state index contributed by atoms with van der Waals surface area (Å²) in [5.41, 5.74) is -0.0590. The highest BCUT2D eigenvalue weighted by molar-refractivity contribution is 6.05. The van der Waals surface area contributed by atoms with Crippen LogP contribution in [0.3, 0.4) is 0 Å². The predicted molar refractivity (Wildman–Crippen MR) is 80.1 cm³/mol. The van der Waals surface area contributed by atoms with Crippen LogP contribution in [0.25, 0.3) is 10.9 Å². The number of hydrogen-bond acceptors (Lipinski definition) is 2. The van der Waals surface area contributed by atoms with Gasteiger partial charge < -0.3 is 15.6 Å². The van der Waals surface area contributed by atoms with Crippen LogP contribution < -0.4 is 10.6 Å². The number of rotatable bonds is 2. The monoisotopic (exact) mass is 338 g/mol. The van der Waals surface area contributed by atoms with E-state index in [-0.39, 0.29) is 16.8 Å². The van der Waals surface area contributed by atoms with Crippen molar-refractivity contribution in [2.24, 2.45) is 0 Å². The number of nitrogens with one attached hydrogen (secondary N) is 3. The predicted octanol–water partition coefficient (Wildman–Crippen LogP) is 4.36. The van der Waals surface area contributed by atoms with E-state index < -0.39 is 23.6 Å². The van der Waals surface area contributed by atoms with Crippen molar-refractivity contribution < 1.29 is 22.4 Å². The van der Waals surface area contributed by atoms with Crippen molar-refractivity contribution in [1.82, 2.24) is 9.97 Å². The number of hydrogen-bond donors (Lipinski definition) is 3. The molecule has 0 radical (unpaired) electrons. The van der Waals surface area contributed by atoms with Crippen molar-refractivity contribution in [1.29, 1.82) is 0 Å². The highest BCUT2D eigenvalue weighted by Crippen LogP contribution is 2.30. The molecule has 0 unspecified atom stereocenters. The van der Waals surface area contributed by atoms with Crippen LogP contribution in [-0.2, 0) is 6.18 Å². The summed E-state index contributed by atoms with van der Waals surface area (Å²) in [6, 6.07) is 3.25. The van der Waals surface area contributed by atoms with Crippen LogP contribution in [0.4, 0.5) is 33.7 Å². The van der Waals surface area contributed by atoms with Gasteiger partial charge in [-0.1, -0.05) is 0 Å². The molecule has 0 aliphatic heterocycles. The number of nitrogens with zero attached hydrogens (tertiary/aromatic N) is 1. The Hall–Kier alpha value is -3.10. The Labute approximate surface area is 132 Å². The molecule has 0 atom stereocenters. The maximum atomic E-state index is 13.8. The number of aromatic amines is 1. The summed E-state index contributed by atoms with van der Waals surface area (Å²) in [5.74, 6) is -0.612. The van der Waals surface area contributed by atoms with Crippen LogP contribution >= 0.6 is 0 Å². The number of carbonyl (C=O) groups is 1. The van der Waals surface area contributed by atoms with Gasteiger partial charge in [0.25, 0.3) is 0 Å². The molecule has 0 aliphatic rings. The van der Waals surface area contributed by atoms with E-state index in [1.165, 1.54) is 12.4 Å². The van der Waals surface area contributed by atoms with Gasteiger partial charge in [0.05, 0.1) is 34.5 Å². The summed E-state index contributed by atoms with van der Waals surface area (Å²) >= 11 is 0. The number of amides is 2. The molecule has 2 heterocycles. The van der Waals surface area contributed by atoms with E-state index in [0.717, 1.165) is 30.5 Å². The molecule has 0 aliphatic carbocycles. The molecule has 0 bridgehead atoms. The number of anilines is 2. The van der Waals surface area contributed by atoms with Crippen LogP contribution in [0.5, 0.6) is 0 Å². The molecular weight excluding hydrogens is 328 g/mol. The number of benzene rings is 1. The fourth-order valence-electron chi connectivity index (χ4n) is 2.17. The van der Waals surface area contributed by atoms with Gasteiger partial charge in [-0.25, -0.2) is 9.18 Å². The fourth-order valence-corrected chi connectivity index (χ4v) is 2.17. The lowest BCUT2D eigenvalue weighted by Gasteiger charge is -2.09. The van der Waals surface area contributed by atoms with Gasteiger partial charge in [0, 0.05) is 11.9 Å². The number of halogens is 4. The summed E-state index contributed by atoms with van der Waals surface area (Å²) in [4.78, 5) is 18.3. The lowest BCUT2D eigenvalue weighted by Crippen LogP contribution is -2.19. The van der Waals surface area contributed by atoms with Crippen LogP contribution in [-0.4, -0.2) is 16.0 Å². The van der Waals surface area contributed by atoms with Crippen molar-refractivity contribution in [3.63, 3.8) is 0 Å². The topological polar surface area (TPSA) is 69.8 Å². The molecule has 2 amide bonds. The summed E-state index contributed by atoms with van der Waals surface area (Å²) in [5, 5.41) is 4.96. The molecule has 2 aromatic heterocycles. The molecule has 9 heteroatoms. The minimum atomic E-state index is -4.45. The van der Waals surface area contributed by atoms with Gasteiger partial charge in [-0.05, 0) is 24.3 Å². The van der Waals surface area contributed by atoms with Crippen molar-refractivity contribution >= 4 is 28.3 Å². The fraction of sp³-hybridized carbons (Fsp3) is 0.0667. The van der Waals surface area contributed by atoms with Crippen molar-refractivity contribution in [2.75, 3.05) is 10.6 Å². The van der Waals surface area contributed by atoms with Gasteiger partial charge in [-0.2, -0.15) is 13.2 Å². The van der Waals surface area contributed by atoms with Gasteiger partial charge in [0.2, 0.25) is 0 Å². The molecule has 3 rings (SSSR count). The van der Waals surface area contributed by atoms with Crippen LogP contribution in [0.1, 0.15) is 5.56 Å². The van der Waals surface area contributed by atoms with E-state index in [4.69, 9.17) is 0 Å². The second kappa shape index (κ2) is 5.84. The lowest BCUT2D eigenvalue weighted by molar-refractivity contribution is -0.137. The number of alkyl halides is 3. The number of pyridine rings is 1. The van der Waals surface area contributed by atoms with E-state index in [0.29, 0.717) is 5.52 Å². The van der Waals surface area contributed by atoms with E-state index in [1.54, 1.807) is 0 Å². The molecule has 0 fully saturated rings. The summed E-state index contributed by atoms with van der Waals surface area (Å²) in [7, 11) is 0. The first-order valence-corrected chi connectivity index (χ1v) is 6.70. The number of aromatic nitrogens is 2. The van der Waals surface area contributed by atoms with Crippen molar-refractivity contribution in [3.8, 4) is 0 Å². The van der Waals surface area contributed by atoms with Gasteiger partial charge in [0.15, 0.2) is 5.82 Å². The summed E-state index contributed by atoms with van der Waals surface area (Å²) in [6.45, 7) is 0. The molecule has 24 heavy (non-hydrogen) atoms. The first kappa shape index (κ1) is 15.8. The Morgan fingerprint density at radius 1 is 1.08 bits per heavy atom. The molecule has 124 valence electrons. The number of H-pyrrole nitrogens is 1. The molecule has 1 aromatic carbocycles. The van der Waals surface area contributed by atoms with Gasteiger partial charge >= 0.3 is 12.2 Å². The molecule has 3 N–H and O–H groups in total. The second-order valence-corrected chi connectivity index (χ2v) is 4.90. The van der Waals surface area contributed by atoms with Crippen molar-refractivity contribution in [3.05, 3.63) is 54.2 Å². The number of carbonyl (C=O) groups excluding carboxylic acids is 1. The Morgan fingerprint density at radius 2 is 1.79 bits per heavy atom. The summed E-state index contributed by atoms with van der Waals surface area (Å²) in [6.07, 6.45) is -0.648. The zero-order valence-corrected chi connectivity index (χ0v) is 11.9. The molecule has 5 nitrogen and oxygen atoms in total. The van der Waals surface area contributed by atoms with Gasteiger partial charge in [0.1, 0.15) is 0 Å². The Kier molecular flexibility index (Phi) is 3.84. The van der Waals surface area contributed by atoms with Crippen molar-refractivity contribution in [2.45, 2.75) is 6.18 Å². The summed E-state index contributed by atoms with van der Waals surface area (Å²) < 4.78 is 51.2. The Bertz CT molecular complexity index is 887. The van der Waals surface area contributed by atoms with Crippen LogP contribution in [0.2, 0.25) is 0 Å². The van der Waals surface area contributed by atoms with E-state index in [1.807, 2.05) is 0 Å². The minimum absolute atomic E-state index is 0.160. The first-order valence-electron chi connectivity index (χ1n) is 6.70. The van der Waals surface area contributed by atoms with E-state index in [2.05, 4.69) is 20.6 Å². The minimum Gasteiger partial charge on any atom is -0.358 e. The average molecular weight is 338 g/mol. The highest BCUT2D eigenvalue weighted by atomic mass is 19.4. The van der Waals surface area contributed by atoms with Crippen LogP contribution in [0.15, 0.2) is 42.9 Å². The molecule has 0 saturated carbocycles. The molecule has 0 spiro atoms. The van der Waals surface area contributed by atoms with Crippen LogP contribution in [0, 0.1) is 5.82 Å². The normalized spacial score (nSPS) is 11.5. The van der Waals surface area contributed by atoms with E-state index >= 15 is 0 Å². The largest absolute Gasteiger partial charge is 0.416 e. The quantitative estimate of drug-likeness (QED) is 0.608. The third-order valence-electron chi connectivity index (χ3n) is 3.26. The smallest absolute Gasteiger partial charge is 0.358 e. The SMILES string of the molecule is O=C(Nc1ccc(C(F)(F)F)cc1)Nc1c[nH]c2cncc(F)c12. The third kappa shape index (κ3) is 3.14. The number of fused-ring (bicyclic) bond motifs is 1. The average Bonchev–Trinajstić information content (AvgIpc) is 2.91. The maximum Gasteiger partial charge on any atom is 0.416 e. The maximum absolute atomic E-state index is 13.8. The Morgan fingerprint density at radius 3 is 2.46 bits per heavy atom. The molecule has 0 saturated heterocycles. The Balaban J connectivity index is 1.73. The zero-order chi connectivity index (χ0) is 17.3. The highest BCUT2D eigenvalue weighted by Gasteiger charge is 2.30. The third-order valence-corrected chi connectivity index (χ3v) is 3.26. The first-order chi connectivity index (χ1) is 11.3. The lowest BCUT2D eigenvalue weighted by atomic mass is 10.2.